The zero-order chi connectivity index (χ0) is 13.8. The van der Waals surface area contributed by atoms with Crippen LogP contribution in [0, 0.1) is 10.1 Å². The Bertz CT molecular complexity index is 614. The van der Waals surface area contributed by atoms with Crippen LogP contribution in [0.3, 0.4) is 0 Å². The minimum atomic E-state index is -0.665. The van der Waals surface area contributed by atoms with E-state index in [1.54, 1.807) is 7.05 Å². The molecule has 0 saturated heterocycles. The van der Waals surface area contributed by atoms with Crippen molar-refractivity contribution >= 4 is 33.9 Å². The molecule has 0 radical (unpaired) electrons. The minimum Gasteiger partial charge on any atom is -0.373 e. The fraction of sp³-hybridized carbons (Fsp3) is 0.111. The molecule has 2 N–H and O–H groups in total. The number of nitrogens with zero attached hydrogens (tertiary/aromatic N) is 4. The van der Waals surface area contributed by atoms with Gasteiger partial charge in [0.2, 0.25) is 5.13 Å². The molecule has 2 aromatic rings. The summed E-state index contributed by atoms with van der Waals surface area (Å²) < 4.78 is 0. The molecule has 9 nitrogen and oxygen atoms in total. The Hall–Kier alpha value is -2.62. The lowest BCUT2D eigenvalue weighted by Crippen LogP contribution is -2.14. The molecule has 98 valence electrons. The molecule has 0 spiro atoms. The molecule has 0 unspecified atom stereocenters. The molecular formula is C9H8N6O3S. The number of hydrogen-bond acceptors (Lipinski definition) is 8. The molecule has 0 aliphatic rings. The molecule has 0 aliphatic carbocycles. The number of pyridine rings is 1. The van der Waals surface area contributed by atoms with E-state index in [2.05, 4.69) is 25.8 Å². The molecule has 2 heterocycles. The van der Waals surface area contributed by atoms with Crippen molar-refractivity contribution < 1.29 is 9.72 Å². The Kier molecular flexibility index (Phi) is 3.61. The molecule has 19 heavy (non-hydrogen) atoms. The normalized spacial score (nSPS) is 9.95. The molecular weight excluding hydrogens is 272 g/mol. The standard InChI is InChI=1S/C9H8N6O3S/c1-10-7-2-5(6(3-11-7)15(17)18)8(16)13-9-14-12-4-19-9/h2-4H,1H3,(H,10,11)(H,13,14,16). The highest BCUT2D eigenvalue weighted by molar-refractivity contribution is 7.13. The van der Waals surface area contributed by atoms with Crippen molar-refractivity contribution in [3.05, 3.63) is 33.5 Å². The number of rotatable bonds is 4. The number of anilines is 2. The highest BCUT2D eigenvalue weighted by Gasteiger charge is 2.22. The summed E-state index contributed by atoms with van der Waals surface area (Å²) in [6.45, 7) is 0. The summed E-state index contributed by atoms with van der Waals surface area (Å²) in [5, 5.41) is 23.5. The fourth-order valence-corrected chi connectivity index (χ4v) is 1.74. The molecule has 1 amide bonds. The summed E-state index contributed by atoms with van der Waals surface area (Å²) in [6.07, 6.45) is 1.03. The number of nitrogens with one attached hydrogen (secondary N) is 2. The third-order valence-electron chi connectivity index (χ3n) is 2.16. The third-order valence-corrected chi connectivity index (χ3v) is 2.77. The van der Waals surface area contributed by atoms with Crippen LogP contribution < -0.4 is 10.6 Å². The highest BCUT2D eigenvalue weighted by atomic mass is 32.1. The fourth-order valence-electron chi connectivity index (χ4n) is 1.30. The predicted octanol–water partition coefficient (Wildman–Crippen LogP) is 1.14. The van der Waals surface area contributed by atoms with E-state index in [0.29, 0.717) is 5.82 Å². The van der Waals surface area contributed by atoms with Gasteiger partial charge in [0.15, 0.2) is 0 Å². The van der Waals surface area contributed by atoms with E-state index in [9.17, 15) is 14.9 Å². The Balaban J connectivity index is 2.35. The van der Waals surface area contributed by atoms with Crippen molar-refractivity contribution in [2.75, 3.05) is 17.7 Å². The lowest BCUT2D eigenvalue weighted by Gasteiger charge is -2.04. The smallest absolute Gasteiger partial charge is 0.300 e. The summed E-state index contributed by atoms with van der Waals surface area (Å²) in [6, 6.07) is 1.30. The average Bonchev–Trinajstić information content (AvgIpc) is 2.90. The molecule has 2 aromatic heterocycles. The molecule has 0 saturated carbocycles. The van der Waals surface area contributed by atoms with E-state index in [0.717, 1.165) is 17.5 Å². The summed E-state index contributed by atoms with van der Waals surface area (Å²) in [4.78, 5) is 26.0. The molecule has 0 atom stereocenters. The Morgan fingerprint density at radius 1 is 1.53 bits per heavy atom. The van der Waals surface area contributed by atoms with Crippen LogP contribution in [0.5, 0.6) is 0 Å². The molecule has 0 fully saturated rings. The van der Waals surface area contributed by atoms with E-state index in [4.69, 9.17) is 0 Å². The van der Waals surface area contributed by atoms with E-state index in [1.165, 1.54) is 11.6 Å². The maximum absolute atomic E-state index is 12.0. The molecule has 0 bridgehead atoms. The van der Waals surface area contributed by atoms with Crippen molar-refractivity contribution in [1.29, 1.82) is 0 Å². The van der Waals surface area contributed by atoms with Gasteiger partial charge in [-0.1, -0.05) is 11.3 Å². The van der Waals surface area contributed by atoms with Crippen LogP contribution >= 0.6 is 11.3 Å². The van der Waals surface area contributed by atoms with Crippen molar-refractivity contribution in [3.8, 4) is 0 Å². The van der Waals surface area contributed by atoms with Gasteiger partial charge in [-0.25, -0.2) is 4.98 Å². The van der Waals surface area contributed by atoms with Crippen molar-refractivity contribution in [3.63, 3.8) is 0 Å². The van der Waals surface area contributed by atoms with Crippen LogP contribution in [0.2, 0.25) is 0 Å². The molecule has 10 heteroatoms. The van der Waals surface area contributed by atoms with Crippen LogP contribution in [-0.2, 0) is 0 Å². The Morgan fingerprint density at radius 3 is 2.89 bits per heavy atom. The van der Waals surface area contributed by atoms with Gasteiger partial charge in [-0.15, -0.1) is 10.2 Å². The predicted molar refractivity (Wildman–Crippen MR) is 68.3 cm³/mol. The van der Waals surface area contributed by atoms with E-state index < -0.39 is 10.8 Å². The number of aromatic nitrogens is 3. The zero-order valence-corrected chi connectivity index (χ0v) is 10.5. The third kappa shape index (κ3) is 2.80. The van der Waals surface area contributed by atoms with Gasteiger partial charge >= 0.3 is 0 Å². The van der Waals surface area contributed by atoms with Crippen LogP contribution in [-0.4, -0.2) is 33.1 Å². The van der Waals surface area contributed by atoms with Crippen LogP contribution in [0.25, 0.3) is 0 Å². The average molecular weight is 280 g/mol. The monoisotopic (exact) mass is 280 g/mol. The number of amides is 1. The lowest BCUT2D eigenvalue weighted by molar-refractivity contribution is -0.385. The maximum atomic E-state index is 12.0. The number of carbonyl (C=O) groups is 1. The van der Waals surface area contributed by atoms with Crippen molar-refractivity contribution in [1.82, 2.24) is 15.2 Å². The number of hydrogen-bond donors (Lipinski definition) is 2. The Morgan fingerprint density at radius 2 is 2.32 bits per heavy atom. The first-order chi connectivity index (χ1) is 9.11. The summed E-state index contributed by atoms with van der Waals surface area (Å²) in [7, 11) is 1.60. The van der Waals surface area contributed by atoms with Crippen molar-refractivity contribution in [2.45, 2.75) is 0 Å². The second kappa shape index (κ2) is 5.35. The zero-order valence-electron chi connectivity index (χ0n) is 9.65. The van der Waals surface area contributed by atoms with Gasteiger partial charge in [-0.3, -0.25) is 20.2 Å². The quantitative estimate of drug-likeness (QED) is 0.635. The number of nitro groups is 1. The summed E-state index contributed by atoms with van der Waals surface area (Å²) >= 11 is 1.11. The van der Waals surface area contributed by atoms with Gasteiger partial charge < -0.3 is 5.32 Å². The first kappa shape index (κ1) is 12.8. The molecule has 0 aliphatic heterocycles. The van der Waals surface area contributed by atoms with Gasteiger partial charge in [0.25, 0.3) is 11.6 Å². The highest BCUT2D eigenvalue weighted by Crippen LogP contribution is 2.21. The summed E-state index contributed by atoms with van der Waals surface area (Å²) in [5.74, 6) is -0.282. The second-order valence-electron chi connectivity index (χ2n) is 3.29. The van der Waals surface area contributed by atoms with Gasteiger partial charge in [0.05, 0.1) is 4.92 Å². The van der Waals surface area contributed by atoms with E-state index in [1.807, 2.05) is 0 Å². The van der Waals surface area contributed by atoms with Crippen molar-refractivity contribution in [2.24, 2.45) is 0 Å². The molecule has 2 rings (SSSR count). The summed E-state index contributed by atoms with van der Waals surface area (Å²) in [5.41, 5.74) is 0.968. The van der Waals surface area contributed by atoms with Gasteiger partial charge in [-0.05, 0) is 0 Å². The van der Waals surface area contributed by atoms with E-state index >= 15 is 0 Å². The minimum absolute atomic E-state index is 0.0976. The topological polar surface area (TPSA) is 123 Å². The van der Waals surface area contributed by atoms with Crippen LogP contribution in [0.1, 0.15) is 10.4 Å². The SMILES string of the molecule is CNc1cc(C(=O)Nc2nncs2)c([N+](=O)[O-])cn1. The van der Waals surface area contributed by atoms with E-state index in [-0.39, 0.29) is 16.4 Å². The van der Waals surface area contributed by atoms with Crippen LogP contribution in [0.4, 0.5) is 16.6 Å². The second-order valence-corrected chi connectivity index (χ2v) is 4.13. The molecule has 0 aromatic carbocycles. The first-order valence-electron chi connectivity index (χ1n) is 5.01. The van der Waals surface area contributed by atoms with Gasteiger partial charge in [-0.2, -0.15) is 0 Å². The maximum Gasteiger partial charge on any atom is 0.300 e. The van der Waals surface area contributed by atoms with Gasteiger partial charge in [0, 0.05) is 13.1 Å². The van der Waals surface area contributed by atoms with Gasteiger partial charge in [0.1, 0.15) is 23.1 Å². The number of carbonyl (C=O) groups excluding carboxylic acids is 1. The lowest BCUT2D eigenvalue weighted by atomic mass is 10.2. The first-order valence-corrected chi connectivity index (χ1v) is 5.89. The largest absolute Gasteiger partial charge is 0.373 e. The van der Waals surface area contributed by atoms with Crippen LogP contribution in [0.15, 0.2) is 17.8 Å². The Labute approximate surface area is 110 Å².